The Morgan fingerprint density at radius 1 is 1.40 bits per heavy atom. The van der Waals surface area contributed by atoms with E-state index in [1.165, 1.54) is 4.63 Å². The van der Waals surface area contributed by atoms with Crippen molar-refractivity contribution in [3.05, 3.63) is 29.5 Å². The van der Waals surface area contributed by atoms with E-state index in [0.717, 1.165) is 5.52 Å². The van der Waals surface area contributed by atoms with Crippen LogP contribution in [-0.2, 0) is 0 Å². The average molecular weight is 154 g/mol. The molecule has 0 aromatic carbocycles. The molecule has 0 aliphatic carbocycles. The molecule has 2 aromatic rings. The lowest BCUT2D eigenvalue weighted by molar-refractivity contribution is 0.800. The predicted molar refractivity (Wildman–Crippen MR) is 38.0 cm³/mol. The molecule has 0 atom stereocenters. The maximum atomic E-state index is 5.75. The number of halogens is 1. The second-order valence-corrected chi connectivity index (χ2v) is 2.30. The highest BCUT2D eigenvalue weighted by molar-refractivity contribution is 6.33. The van der Waals surface area contributed by atoms with Crippen molar-refractivity contribution in [1.29, 1.82) is 0 Å². The summed E-state index contributed by atoms with van der Waals surface area (Å²) in [7, 11) is 0. The smallest absolute Gasteiger partial charge is 0.106 e. The van der Waals surface area contributed by atoms with Crippen LogP contribution >= 0.6 is 11.6 Å². The Balaban J connectivity index is 2.93. The van der Waals surface area contributed by atoms with Crippen LogP contribution in [0.2, 0.25) is 5.02 Å². The molecule has 3 nitrogen and oxygen atoms in total. The van der Waals surface area contributed by atoms with Gasteiger partial charge in [0.1, 0.15) is 5.52 Å². The molecular weight excluding hydrogens is 150 g/mol. The van der Waals surface area contributed by atoms with Gasteiger partial charge in [-0.2, -0.15) is 14.8 Å². The van der Waals surface area contributed by atoms with Gasteiger partial charge in [0.15, 0.2) is 0 Å². The zero-order valence-corrected chi connectivity index (χ0v) is 5.78. The van der Waals surface area contributed by atoms with Gasteiger partial charge in [-0.3, -0.25) is 0 Å². The third-order valence-corrected chi connectivity index (χ3v) is 1.55. The Morgan fingerprint density at radius 3 is 3.10 bits per heavy atom. The van der Waals surface area contributed by atoms with Crippen LogP contribution < -0.4 is 0 Å². The van der Waals surface area contributed by atoms with Gasteiger partial charge in [0.25, 0.3) is 0 Å². The lowest BCUT2D eigenvalue weighted by Crippen LogP contribution is -1.89. The maximum absolute atomic E-state index is 5.75. The first-order valence-corrected chi connectivity index (χ1v) is 3.20. The summed E-state index contributed by atoms with van der Waals surface area (Å²) in [4.78, 5) is 0. The lowest BCUT2D eigenvalue weighted by Gasteiger charge is -1.86. The van der Waals surface area contributed by atoms with Gasteiger partial charge in [0, 0.05) is 6.20 Å². The molecule has 2 heterocycles. The molecule has 0 spiro atoms. The molecule has 0 saturated carbocycles. The van der Waals surface area contributed by atoms with Gasteiger partial charge in [-0.25, -0.2) is 0 Å². The molecule has 0 N–H and O–H groups in total. The van der Waals surface area contributed by atoms with Crippen molar-refractivity contribution >= 4 is 17.1 Å². The van der Waals surface area contributed by atoms with E-state index < -0.39 is 0 Å². The van der Waals surface area contributed by atoms with Gasteiger partial charge < -0.3 is 0 Å². The molecule has 2 rings (SSSR count). The van der Waals surface area contributed by atoms with Crippen molar-refractivity contribution in [2.24, 2.45) is 0 Å². The van der Waals surface area contributed by atoms with E-state index >= 15 is 0 Å². The summed E-state index contributed by atoms with van der Waals surface area (Å²) in [6.45, 7) is 0. The summed E-state index contributed by atoms with van der Waals surface area (Å²) in [5.74, 6) is 0. The molecule has 10 heavy (non-hydrogen) atoms. The zero-order chi connectivity index (χ0) is 6.97. The molecule has 50 valence electrons. The van der Waals surface area contributed by atoms with E-state index in [1.54, 1.807) is 12.4 Å². The summed E-state index contributed by atoms with van der Waals surface area (Å²) in [6.07, 6.45) is 3.24. The molecule has 0 aliphatic heterocycles. The maximum Gasteiger partial charge on any atom is 0.106 e. The summed E-state index contributed by atoms with van der Waals surface area (Å²) >= 11 is 5.75. The number of hydrogen-bond acceptors (Lipinski definition) is 2. The van der Waals surface area contributed by atoms with E-state index in [0.29, 0.717) is 5.02 Å². The van der Waals surface area contributed by atoms with Crippen LogP contribution in [0.3, 0.4) is 0 Å². The second-order valence-electron chi connectivity index (χ2n) is 1.89. The van der Waals surface area contributed by atoms with Crippen molar-refractivity contribution in [2.45, 2.75) is 0 Å². The highest BCUT2D eigenvalue weighted by Gasteiger charge is 1.97. The molecule has 0 fully saturated rings. The number of hydrogen-bond donors (Lipinski definition) is 0. The fraction of sp³-hybridized carbons (Fsp3) is 0. The van der Waals surface area contributed by atoms with Crippen LogP contribution in [0.15, 0.2) is 24.5 Å². The molecule has 0 aliphatic rings. The second kappa shape index (κ2) is 1.95. The van der Waals surface area contributed by atoms with Gasteiger partial charge in [-0.15, -0.1) is 0 Å². The van der Waals surface area contributed by atoms with Crippen molar-refractivity contribution < 1.29 is 0 Å². The largest absolute Gasteiger partial charge is 0.159 e. The first-order valence-electron chi connectivity index (χ1n) is 2.82. The monoisotopic (exact) mass is 153 g/mol. The molecule has 0 amide bonds. The molecule has 0 bridgehead atoms. The van der Waals surface area contributed by atoms with Gasteiger partial charge in [-0.1, -0.05) is 11.6 Å². The zero-order valence-electron chi connectivity index (χ0n) is 5.03. The lowest BCUT2D eigenvalue weighted by atomic mass is 10.5. The topological polar surface area (TPSA) is 30.2 Å². The molecule has 0 radical (unpaired) electrons. The molecular formula is C6H4ClN3. The van der Waals surface area contributed by atoms with Crippen LogP contribution in [0.25, 0.3) is 5.52 Å². The van der Waals surface area contributed by atoms with Gasteiger partial charge >= 0.3 is 0 Å². The third-order valence-electron chi connectivity index (χ3n) is 1.26. The Bertz CT molecular complexity index is 355. The van der Waals surface area contributed by atoms with Crippen LogP contribution in [-0.4, -0.2) is 14.8 Å². The van der Waals surface area contributed by atoms with Crippen LogP contribution in [0, 0.1) is 0 Å². The Morgan fingerprint density at radius 2 is 2.30 bits per heavy atom. The van der Waals surface area contributed by atoms with Crippen LogP contribution in [0.5, 0.6) is 0 Å². The minimum absolute atomic E-state index is 0.633. The van der Waals surface area contributed by atoms with Crippen molar-refractivity contribution in [2.75, 3.05) is 0 Å². The normalized spacial score (nSPS) is 10.5. The van der Waals surface area contributed by atoms with Crippen molar-refractivity contribution in [1.82, 2.24) is 14.8 Å². The fourth-order valence-electron chi connectivity index (χ4n) is 0.803. The summed E-state index contributed by atoms with van der Waals surface area (Å²) in [6, 6.07) is 3.69. The van der Waals surface area contributed by atoms with Crippen molar-refractivity contribution in [3.8, 4) is 0 Å². The van der Waals surface area contributed by atoms with Crippen LogP contribution in [0.4, 0.5) is 0 Å². The van der Waals surface area contributed by atoms with E-state index in [4.69, 9.17) is 11.6 Å². The SMILES string of the molecule is Clc1cnn2ncccc12. The van der Waals surface area contributed by atoms with Gasteiger partial charge in [0.2, 0.25) is 0 Å². The first-order chi connectivity index (χ1) is 4.88. The summed E-state index contributed by atoms with van der Waals surface area (Å²) in [5, 5.41) is 8.45. The Labute approximate surface area is 62.2 Å². The number of rotatable bonds is 0. The number of aromatic nitrogens is 3. The van der Waals surface area contributed by atoms with E-state index in [9.17, 15) is 0 Å². The van der Waals surface area contributed by atoms with Crippen LogP contribution in [0.1, 0.15) is 0 Å². The number of fused-ring (bicyclic) bond motifs is 1. The molecule has 0 unspecified atom stereocenters. The van der Waals surface area contributed by atoms with Gasteiger partial charge in [-0.05, 0) is 12.1 Å². The standard InChI is InChI=1S/C6H4ClN3/c7-5-4-9-10-6(5)2-1-3-8-10/h1-4H. The quantitative estimate of drug-likeness (QED) is 0.573. The average Bonchev–Trinajstić information content (AvgIpc) is 2.34. The fourth-order valence-corrected chi connectivity index (χ4v) is 0.986. The minimum atomic E-state index is 0.633. The highest BCUT2D eigenvalue weighted by Crippen LogP contribution is 2.13. The first kappa shape index (κ1) is 5.68. The van der Waals surface area contributed by atoms with Gasteiger partial charge in [0.05, 0.1) is 11.2 Å². The third kappa shape index (κ3) is 0.675. The molecule has 2 aromatic heterocycles. The predicted octanol–water partition coefficient (Wildman–Crippen LogP) is 1.38. The summed E-state index contributed by atoms with van der Waals surface area (Å²) in [5.41, 5.74) is 0.837. The van der Waals surface area contributed by atoms with E-state index in [-0.39, 0.29) is 0 Å². The number of nitrogens with zero attached hydrogens (tertiary/aromatic N) is 3. The Kier molecular flexibility index (Phi) is 1.11. The molecule has 0 saturated heterocycles. The van der Waals surface area contributed by atoms with E-state index in [2.05, 4.69) is 10.2 Å². The molecule has 4 heteroatoms. The Hall–Kier alpha value is -1.09. The highest BCUT2D eigenvalue weighted by atomic mass is 35.5. The minimum Gasteiger partial charge on any atom is -0.159 e. The summed E-state index contributed by atoms with van der Waals surface area (Å²) < 4.78 is 1.49. The van der Waals surface area contributed by atoms with Crippen molar-refractivity contribution in [3.63, 3.8) is 0 Å². The van der Waals surface area contributed by atoms with E-state index in [1.807, 2.05) is 12.1 Å².